The molecule has 0 radical (unpaired) electrons. The van der Waals surface area contributed by atoms with Crippen LogP contribution in [0.2, 0.25) is 0 Å². The molecular weight excluding hydrogens is 259 g/mol. The molecule has 90 valence electrons. The van der Waals surface area contributed by atoms with Gasteiger partial charge in [0.15, 0.2) is 0 Å². The fourth-order valence-electron chi connectivity index (χ4n) is 1.72. The first kappa shape index (κ1) is 12.4. The van der Waals surface area contributed by atoms with E-state index in [1.165, 1.54) is 13.2 Å². The lowest BCUT2D eigenvalue weighted by atomic mass is 10.0. The van der Waals surface area contributed by atoms with Crippen LogP contribution in [-0.4, -0.2) is 7.11 Å². The molecule has 1 heterocycles. The molecule has 0 fully saturated rings. The van der Waals surface area contributed by atoms with E-state index >= 15 is 0 Å². The van der Waals surface area contributed by atoms with E-state index in [1.807, 2.05) is 16.8 Å². The number of methoxy groups -OCH3 is 1. The van der Waals surface area contributed by atoms with Gasteiger partial charge >= 0.3 is 0 Å². The Bertz CT molecular complexity index is 484. The average molecular weight is 271 g/mol. The highest BCUT2D eigenvalue weighted by Crippen LogP contribution is 2.34. The number of rotatable bonds is 4. The van der Waals surface area contributed by atoms with E-state index in [0.29, 0.717) is 17.7 Å². The van der Waals surface area contributed by atoms with Crippen molar-refractivity contribution in [2.24, 2.45) is 0 Å². The van der Waals surface area contributed by atoms with Gasteiger partial charge in [0.1, 0.15) is 11.6 Å². The molecule has 2 aromatic rings. The zero-order valence-electron chi connectivity index (χ0n) is 9.32. The monoisotopic (exact) mass is 270 g/mol. The average Bonchev–Trinajstić information content (AvgIpc) is 2.81. The molecule has 0 N–H and O–H groups in total. The highest BCUT2D eigenvalue weighted by molar-refractivity contribution is 7.07. The van der Waals surface area contributed by atoms with Gasteiger partial charge in [-0.1, -0.05) is 6.07 Å². The largest absolute Gasteiger partial charge is 0.496 e. The van der Waals surface area contributed by atoms with Crippen LogP contribution < -0.4 is 4.74 Å². The lowest BCUT2D eigenvalue weighted by Crippen LogP contribution is -2.01. The number of thiophene rings is 1. The maximum Gasteiger partial charge on any atom is 0.131 e. The van der Waals surface area contributed by atoms with Crippen molar-refractivity contribution in [2.75, 3.05) is 7.11 Å². The van der Waals surface area contributed by atoms with E-state index in [4.69, 9.17) is 16.3 Å². The predicted molar refractivity (Wildman–Crippen MR) is 69.6 cm³/mol. The SMILES string of the molecule is COc1cccc(F)c1C(Cl)Cc1ccsc1. The van der Waals surface area contributed by atoms with Crippen LogP contribution in [0.5, 0.6) is 5.75 Å². The molecule has 1 aromatic heterocycles. The van der Waals surface area contributed by atoms with E-state index in [1.54, 1.807) is 23.5 Å². The van der Waals surface area contributed by atoms with E-state index in [0.717, 1.165) is 5.56 Å². The molecule has 1 aromatic carbocycles. The Kier molecular flexibility index (Phi) is 4.02. The molecule has 1 unspecified atom stereocenters. The van der Waals surface area contributed by atoms with Crippen molar-refractivity contribution in [3.05, 3.63) is 52.0 Å². The molecule has 17 heavy (non-hydrogen) atoms. The predicted octanol–water partition coefficient (Wildman–Crippen LogP) is 4.42. The molecule has 0 aliphatic rings. The van der Waals surface area contributed by atoms with Gasteiger partial charge in [-0.2, -0.15) is 11.3 Å². The van der Waals surface area contributed by atoms with Gasteiger partial charge in [0, 0.05) is 5.56 Å². The summed E-state index contributed by atoms with van der Waals surface area (Å²) in [6, 6.07) is 6.74. The van der Waals surface area contributed by atoms with Gasteiger partial charge in [0.2, 0.25) is 0 Å². The smallest absolute Gasteiger partial charge is 0.131 e. The topological polar surface area (TPSA) is 9.23 Å². The highest BCUT2D eigenvalue weighted by Gasteiger charge is 2.18. The molecule has 0 aliphatic carbocycles. The molecule has 0 saturated carbocycles. The first-order chi connectivity index (χ1) is 8.22. The van der Waals surface area contributed by atoms with Gasteiger partial charge in [-0.05, 0) is 40.9 Å². The van der Waals surface area contributed by atoms with E-state index in [9.17, 15) is 4.39 Å². The van der Waals surface area contributed by atoms with Crippen molar-refractivity contribution < 1.29 is 9.13 Å². The first-order valence-corrected chi connectivity index (χ1v) is 6.58. The summed E-state index contributed by atoms with van der Waals surface area (Å²) < 4.78 is 18.9. The van der Waals surface area contributed by atoms with Crippen molar-refractivity contribution in [1.29, 1.82) is 0 Å². The first-order valence-electron chi connectivity index (χ1n) is 5.20. The van der Waals surface area contributed by atoms with E-state index in [-0.39, 0.29) is 5.82 Å². The molecule has 1 nitrogen and oxygen atoms in total. The minimum atomic E-state index is -0.416. The molecule has 2 rings (SSSR count). The zero-order chi connectivity index (χ0) is 12.3. The second kappa shape index (κ2) is 5.52. The Labute approximate surface area is 109 Å². The lowest BCUT2D eigenvalue weighted by Gasteiger charge is -2.14. The molecule has 0 saturated heterocycles. The molecule has 1 atom stereocenters. The summed E-state index contributed by atoms with van der Waals surface area (Å²) in [4.78, 5) is 0. The Morgan fingerprint density at radius 2 is 2.24 bits per heavy atom. The Morgan fingerprint density at radius 1 is 1.41 bits per heavy atom. The van der Waals surface area contributed by atoms with Gasteiger partial charge in [0.05, 0.1) is 12.5 Å². The van der Waals surface area contributed by atoms with E-state index < -0.39 is 5.38 Å². The highest BCUT2D eigenvalue weighted by atomic mass is 35.5. The summed E-state index contributed by atoms with van der Waals surface area (Å²) in [5.74, 6) is 0.180. The van der Waals surface area contributed by atoms with Crippen LogP contribution in [0.25, 0.3) is 0 Å². The second-order valence-electron chi connectivity index (χ2n) is 3.66. The third kappa shape index (κ3) is 2.79. The van der Waals surface area contributed by atoms with Crippen molar-refractivity contribution in [1.82, 2.24) is 0 Å². The van der Waals surface area contributed by atoms with Crippen LogP contribution in [0.4, 0.5) is 4.39 Å². The number of halogens is 2. The van der Waals surface area contributed by atoms with Gasteiger partial charge < -0.3 is 4.74 Å². The number of ether oxygens (including phenoxy) is 1. The third-order valence-corrected chi connectivity index (χ3v) is 3.65. The van der Waals surface area contributed by atoms with Crippen molar-refractivity contribution >= 4 is 22.9 Å². The van der Waals surface area contributed by atoms with Crippen LogP contribution in [0.3, 0.4) is 0 Å². The quantitative estimate of drug-likeness (QED) is 0.748. The minimum absolute atomic E-state index is 0.320. The summed E-state index contributed by atoms with van der Waals surface area (Å²) in [5, 5.41) is 3.58. The number of hydrogen-bond donors (Lipinski definition) is 0. The molecule has 0 aliphatic heterocycles. The zero-order valence-corrected chi connectivity index (χ0v) is 10.9. The van der Waals surface area contributed by atoms with Crippen molar-refractivity contribution in [3.8, 4) is 5.75 Å². The van der Waals surface area contributed by atoms with Crippen molar-refractivity contribution in [3.63, 3.8) is 0 Å². The van der Waals surface area contributed by atoms with Gasteiger partial charge in [-0.3, -0.25) is 0 Å². The Morgan fingerprint density at radius 3 is 2.88 bits per heavy atom. The van der Waals surface area contributed by atoms with Crippen LogP contribution >= 0.6 is 22.9 Å². The van der Waals surface area contributed by atoms with Gasteiger partial charge in [0.25, 0.3) is 0 Å². The van der Waals surface area contributed by atoms with Gasteiger partial charge in [-0.25, -0.2) is 4.39 Å². The van der Waals surface area contributed by atoms with E-state index in [2.05, 4.69) is 0 Å². The second-order valence-corrected chi connectivity index (χ2v) is 4.97. The molecule has 4 heteroatoms. The molecule has 0 spiro atoms. The van der Waals surface area contributed by atoms with Crippen LogP contribution in [-0.2, 0) is 6.42 Å². The summed E-state index contributed by atoms with van der Waals surface area (Å²) in [6.07, 6.45) is 0.600. The lowest BCUT2D eigenvalue weighted by molar-refractivity contribution is 0.403. The summed E-state index contributed by atoms with van der Waals surface area (Å²) in [7, 11) is 1.52. The van der Waals surface area contributed by atoms with Gasteiger partial charge in [-0.15, -0.1) is 11.6 Å². The Balaban J connectivity index is 2.26. The Hall–Kier alpha value is -1.06. The van der Waals surface area contributed by atoms with Crippen LogP contribution in [0.1, 0.15) is 16.5 Å². The van der Waals surface area contributed by atoms with Crippen LogP contribution in [0, 0.1) is 5.82 Å². The normalized spacial score (nSPS) is 12.4. The maximum atomic E-state index is 13.8. The van der Waals surface area contributed by atoms with Crippen molar-refractivity contribution in [2.45, 2.75) is 11.8 Å². The fraction of sp³-hybridized carbons (Fsp3) is 0.231. The number of benzene rings is 1. The maximum absolute atomic E-state index is 13.8. The third-order valence-electron chi connectivity index (χ3n) is 2.54. The molecule has 0 amide bonds. The van der Waals surface area contributed by atoms with Crippen LogP contribution in [0.15, 0.2) is 35.0 Å². The molecule has 0 bridgehead atoms. The molecular formula is C13H12ClFOS. The summed E-state index contributed by atoms with van der Waals surface area (Å²) in [5.41, 5.74) is 1.54. The standard InChI is InChI=1S/C13H12ClFOS/c1-16-12-4-2-3-11(15)13(12)10(14)7-9-5-6-17-8-9/h2-6,8,10H,7H2,1H3. The summed E-state index contributed by atoms with van der Waals surface area (Å²) in [6.45, 7) is 0. The minimum Gasteiger partial charge on any atom is -0.496 e. The number of alkyl halides is 1. The fourth-order valence-corrected chi connectivity index (χ4v) is 2.79. The number of hydrogen-bond acceptors (Lipinski definition) is 2. The summed E-state index contributed by atoms with van der Waals surface area (Å²) >= 11 is 7.88.